The normalized spacial score (nSPS) is 13.2. The molecular weight excluding hydrogens is 348 g/mol. The van der Waals surface area contributed by atoms with E-state index in [1.165, 1.54) is 12.1 Å². The quantitative estimate of drug-likeness (QED) is 0.805. The molecule has 5 nitrogen and oxygen atoms in total. The first-order chi connectivity index (χ1) is 12.1. The number of carbonyl (C=O) groups excluding carboxylic acids is 1. The molecule has 0 saturated heterocycles. The third kappa shape index (κ3) is 5.41. The monoisotopic (exact) mass is 374 g/mol. The Kier molecular flexibility index (Phi) is 6.21. The van der Waals surface area contributed by atoms with Crippen molar-refractivity contribution in [2.75, 3.05) is 5.32 Å². The summed E-state index contributed by atoms with van der Waals surface area (Å²) in [4.78, 5) is 12.7. The van der Waals surface area contributed by atoms with Gasteiger partial charge in [0.1, 0.15) is 0 Å². The molecule has 2 aromatic rings. The van der Waals surface area contributed by atoms with Gasteiger partial charge in [0.15, 0.2) is 0 Å². The second kappa shape index (κ2) is 8.01. The van der Waals surface area contributed by atoms with Crippen molar-refractivity contribution in [2.45, 2.75) is 50.5 Å². The van der Waals surface area contributed by atoms with Crippen molar-refractivity contribution in [1.29, 1.82) is 0 Å². The minimum atomic E-state index is -3.59. The fourth-order valence-corrected chi connectivity index (χ4v) is 4.09. The molecule has 26 heavy (non-hydrogen) atoms. The maximum Gasteiger partial charge on any atom is 0.241 e. The van der Waals surface area contributed by atoms with Gasteiger partial charge in [-0.1, -0.05) is 37.3 Å². The van der Waals surface area contributed by atoms with E-state index in [1.54, 1.807) is 32.9 Å². The fourth-order valence-electron chi connectivity index (χ4n) is 2.67. The molecule has 6 heteroatoms. The highest BCUT2D eigenvalue weighted by Crippen LogP contribution is 2.22. The lowest BCUT2D eigenvalue weighted by Crippen LogP contribution is -2.40. The number of hydrogen-bond acceptors (Lipinski definition) is 3. The van der Waals surface area contributed by atoms with E-state index in [0.29, 0.717) is 12.1 Å². The molecule has 0 aliphatic carbocycles. The molecule has 0 radical (unpaired) electrons. The molecule has 1 atom stereocenters. The summed E-state index contributed by atoms with van der Waals surface area (Å²) in [5.74, 6) is -0.357. The van der Waals surface area contributed by atoms with Crippen LogP contribution in [0.25, 0.3) is 0 Å². The summed E-state index contributed by atoms with van der Waals surface area (Å²) in [5.41, 5.74) is 0.968. The van der Waals surface area contributed by atoms with E-state index < -0.39 is 15.6 Å². The van der Waals surface area contributed by atoms with E-state index in [2.05, 4.69) is 10.0 Å². The first-order valence-corrected chi connectivity index (χ1v) is 10.1. The molecule has 0 saturated carbocycles. The second-order valence-corrected chi connectivity index (χ2v) is 8.92. The number of carbonyl (C=O) groups is 1. The van der Waals surface area contributed by atoms with Gasteiger partial charge in [-0.3, -0.25) is 4.79 Å². The van der Waals surface area contributed by atoms with E-state index in [4.69, 9.17) is 0 Å². The van der Waals surface area contributed by atoms with Gasteiger partial charge in [-0.25, -0.2) is 13.1 Å². The highest BCUT2D eigenvalue weighted by molar-refractivity contribution is 7.89. The van der Waals surface area contributed by atoms with Crippen LogP contribution in [0.5, 0.6) is 0 Å². The van der Waals surface area contributed by atoms with Gasteiger partial charge >= 0.3 is 0 Å². The standard InChI is InChI=1S/C20H26N2O3S/c1-5-18(15-9-7-6-8-10-15)19(23)21-16-11-13-17(14-12-16)26(24,25)22-20(2,3)4/h6-14,18,22H,5H2,1-4H3,(H,21,23)/t18-/m0/s1. The Morgan fingerprint density at radius 2 is 1.58 bits per heavy atom. The molecule has 0 heterocycles. The van der Waals surface area contributed by atoms with Crippen LogP contribution in [0.3, 0.4) is 0 Å². The van der Waals surface area contributed by atoms with Gasteiger partial charge < -0.3 is 5.32 Å². The highest BCUT2D eigenvalue weighted by atomic mass is 32.2. The second-order valence-electron chi connectivity index (χ2n) is 7.24. The Balaban J connectivity index is 2.12. The average Bonchev–Trinajstić information content (AvgIpc) is 2.55. The number of sulfonamides is 1. The topological polar surface area (TPSA) is 75.3 Å². The van der Waals surface area contributed by atoms with Crippen LogP contribution in [-0.4, -0.2) is 19.9 Å². The van der Waals surface area contributed by atoms with Gasteiger partial charge in [-0.05, 0) is 57.0 Å². The molecule has 0 unspecified atom stereocenters. The molecule has 0 aliphatic rings. The summed E-state index contributed by atoms with van der Waals surface area (Å²) < 4.78 is 27.3. The zero-order chi connectivity index (χ0) is 19.4. The van der Waals surface area contributed by atoms with Gasteiger partial charge in [0.05, 0.1) is 10.8 Å². The molecule has 1 amide bonds. The zero-order valence-corrected chi connectivity index (χ0v) is 16.4. The van der Waals surface area contributed by atoms with Gasteiger partial charge in [-0.15, -0.1) is 0 Å². The van der Waals surface area contributed by atoms with Crippen LogP contribution in [0.4, 0.5) is 5.69 Å². The molecule has 2 N–H and O–H groups in total. The van der Waals surface area contributed by atoms with Crippen LogP contribution < -0.4 is 10.0 Å². The van der Waals surface area contributed by atoms with Crippen molar-refractivity contribution in [3.8, 4) is 0 Å². The summed E-state index contributed by atoms with van der Waals surface area (Å²) in [6.45, 7) is 7.32. The van der Waals surface area contributed by atoms with Gasteiger partial charge in [-0.2, -0.15) is 0 Å². The molecule has 140 valence electrons. The highest BCUT2D eigenvalue weighted by Gasteiger charge is 2.22. The van der Waals surface area contributed by atoms with Crippen molar-refractivity contribution in [3.63, 3.8) is 0 Å². The van der Waals surface area contributed by atoms with Crippen LogP contribution in [0.1, 0.15) is 45.6 Å². The number of benzene rings is 2. The Morgan fingerprint density at radius 1 is 1.00 bits per heavy atom. The Bertz CT molecular complexity index is 839. The molecule has 0 aliphatic heterocycles. The summed E-state index contributed by atoms with van der Waals surface area (Å²) in [5, 5.41) is 2.86. The molecule has 0 bridgehead atoms. The third-order valence-corrected chi connectivity index (χ3v) is 5.57. The number of rotatable bonds is 6. The van der Waals surface area contributed by atoms with Crippen molar-refractivity contribution in [1.82, 2.24) is 4.72 Å². The largest absolute Gasteiger partial charge is 0.326 e. The van der Waals surface area contributed by atoms with Crippen molar-refractivity contribution in [3.05, 3.63) is 60.2 Å². The number of nitrogens with one attached hydrogen (secondary N) is 2. The fraction of sp³-hybridized carbons (Fsp3) is 0.350. The molecule has 2 rings (SSSR count). The van der Waals surface area contributed by atoms with E-state index in [0.717, 1.165) is 5.56 Å². The van der Waals surface area contributed by atoms with Crippen LogP contribution >= 0.6 is 0 Å². The minimum absolute atomic E-state index is 0.109. The first kappa shape index (κ1) is 20.1. The van der Waals surface area contributed by atoms with Gasteiger partial charge in [0.25, 0.3) is 0 Å². The SMILES string of the molecule is CC[C@H](C(=O)Nc1ccc(S(=O)(=O)NC(C)(C)C)cc1)c1ccccc1. The lowest BCUT2D eigenvalue weighted by molar-refractivity contribution is -0.117. The summed E-state index contributed by atoms with van der Waals surface area (Å²) in [7, 11) is -3.59. The maximum atomic E-state index is 12.6. The number of amides is 1. The maximum absolute atomic E-state index is 12.6. The zero-order valence-electron chi connectivity index (χ0n) is 15.6. The van der Waals surface area contributed by atoms with Gasteiger partial charge in [0, 0.05) is 11.2 Å². The van der Waals surface area contributed by atoms with Crippen molar-refractivity contribution >= 4 is 21.6 Å². The Hall–Kier alpha value is -2.18. The predicted octanol–water partition coefficient (Wildman–Crippen LogP) is 3.90. The van der Waals surface area contributed by atoms with Crippen molar-refractivity contribution in [2.24, 2.45) is 0 Å². The lowest BCUT2D eigenvalue weighted by Gasteiger charge is -2.20. The number of anilines is 1. The van der Waals surface area contributed by atoms with Gasteiger partial charge in [0.2, 0.25) is 15.9 Å². The first-order valence-electron chi connectivity index (χ1n) is 8.62. The molecule has 2 aromatic carbocycles. The van der Waals surface area contributed by atoms with Crippen molar-refractivity contribution < 1.29 is 13.2 Å². The third-order valence-electron chi connectivity index (χ3n) is 3.80. The van der Waals surface area contributed by atoms with Crippen LogP contribution in [0, 0.1) is 0 Å². The Morgan fingerprint density at radius 3 is 2.08 bits per heavy atom. The molecule has 0 fully saturated rings. The minimum Gasteiger partial charge on any atom is -0.326 e. The van der Waals surface area contributed by atoms with E-state index in [-0.39, 0.29) is 16.7 Å². The molecule has 0 spiro atoms. The predicted molar refractivity (Wildman–Crippen MR) is 105 cm³/mol. The smallest absolute Gasteiger partial charge is 0.241 e. The van der Waals surface area contributed by atoms with E-state index >= 15 is 0 Å². The van der Waals surface area contributed by atoms with Crippen LogP contribution in [0.2, 0.25) is 0 Å². The van der Waals surface area contributed by atoms with Crippen LogP contribution in [0.15, 0.2) is 59.5 Å². The Labute approximate surface area is 155 Å². The average molecular weight is 375 g/mol. The molecular formula is C20H26N2O3S. The van der Waals surface area contributed by atoms with Crippen LogP contribution in [-0.2, 0) is 14.8 Å². The lowest BCUT2D eigenvalue weighted by atomic mass is 9.95. The summed E-state index contributed by atoms with van der Waals surface area (Å²) >= 11 is 0. The number of hydrogen-bond donors (Lipinski definition) is 2. The summed E-state index contributed by atoms with van der Waals surface area (Å²) in [6, 6.07) is 15.8. The summed E-state index contributed by atoms with van der Waals surface area (Å²) in [6.07, 6.45) is 0.678. The van der Waals surface area contributed by atoms with E-state index in [9.17, 15) is 13.2 Å². The molecule has 0 aromatic heterocycles. The van der Waals surface area contributed by atoms with E-state index in [1.807, 2.05) is 37.3 Å².